The predicted molar refractivity (Wildman–Crippen MR) is 66.7 cm³/mol. The molecule has 1 aromatic carbocycles. The molecule has 0 fully saturated rings. The molecule has 0 aliphatic rings. The first-order valence-electron chi connectivity index (χ1n) is 5.31. The molecule has 1 atom stereocenters. The van der Waals surface area contributed by atoms with Gasteiger partial charge in [0.15, 0.2) is 11.6 Å². The van der Waals surface area contributed by atoms with Gasteiger partial charge >= 0.3 is 6.36 Å². The van der Waals surface area contributed by atoms with E-state index in [0.29, 0.717) is 5.56 Å². The Morgan fingerprint density at radius 3 is 2.05 bits per heavy atom. The molecule has 0 bridgehead atoms. The van der Waals surface area contributed by atoms with Gasteiger partial charge in [-0.25, -0.2) is 4.39 Å². The monoisotopic (exact) mass is 301 g/mol. The Morgan fingerprint density at radius 2 is 1.68 bits per heavy atom. The van der Waals surface area contributed by atoms with Crippen molar-refractivity contribution in [3.63, 3.8) is 0 Å². The molecule has 19 heavy (non-hydrogen) atoms. The standard InChI is InChI=1S/C12H15F4NO.ClH/c1-11(2,3)10(17)7-4-5-9(8(13)6-7)18-12(14,15)16;/h4-6,10H,17H2,1-3H3;1H/t10-;/m0./s1. The minimum absolute atomic E-state index is 0. The third kappa shape index (κ3) is 5.24. The molecule has 0 saturated carbocycles. The van der Waals surface area contributed by atoms with Gasteiger partial charge in [0.2, 0.25) is 0 Å². The maximum absolute atomic E-state index is 13.4. The second kappa shape index (κ2) is 5.96. The van der Waals surface area contributed by atoms with Crippen LogP contribution in [0.1, 0.15) is 32.4 Å². The van der Waals surface area contributed by atoms with E-state index < -0.39 is 24.0 Å². The third-order valence-electron chi connectivity index (χ3n) is 2.47. The lowest BCUT2D eigenvalue weighted by atomic mass is 9.83. The van der Waals surface area contributed by atoms with Crippen molar-refractivity contribution in [1.82, 2.24) is 0 Å². The van der Waals surface area contributed by atoms with Crippen molar-refractivity contribution in [3.05, 3.63) is 29.6 Å². The highest BCUT2D eigenvalue weighted by Crippen LogP contribution is 2.33. The van der Waals surface area contributed by atoms with Crippen molar-refractivity contribution in [3.8, 4) is 5.75 Å². The molecule has 110 valence electrons. The van der Waals surface area contributed by atoms with Gasteiger partial charge in [0.25, 0.3) is 0 Å². The molecule has 0 heterocycles. The summed E-state index contributed by atoms with van der Waals surface area (Å²) in [5.41, 5.74) is 5.99. The Morgan fingerprint density at radius 1 is 1.16 bits per heavy atom. The highest BCUT2D eigenvalue weighted by atomic mass is 35.5. The van der Waals surface area contributed by atoms with E-state index in [1.807, 2.05) is 20.8 Å². The Hall–Kier alpha value is -1.01. The van der Waals surface area contributed by atoms with Crippen LogP contribution in [0, 0.1) is 11.2 Å². The summed E-state index contributed by atoms with van der Waals surface area (Å²) >= 11 is 0. The van der Waals surface area contributed by atoms with Crippen molar-refractivity contribution < 1.29 is 22.3 Å². The molecular formula is C12H16ClF4NO. The van der Waals surface area contributed by atoms with Gasteiger partial charge < -0.3 is 10.5 Å². The average molecular weight is 302 g/mol. The molecule has 2 N–H and O–H groups in total. The van der Waals surface area contributed by atoms with Crippen LogP contribution in [0.2, 0.25) is 0 Å². The van der Waals surface area contributed by atoms with Gasteiger partial charge in [0, 0.05) is 6.04 Å². The second-order valence-electron chi connectivity index (χ2n) is 5.08. The lowest BCUT2D eigenvalue weighted by Crippen LogP contribution is -2.26. The fraction of sp³-hybridized carbons (Fsp3) is 0.500. The predicted octanol–water partition coefficient (Wildman–Crippen LogP) is 4.19. The molecule has 0 aromatic heterocycles. The Bertz CT molecular complexity index is 429. The largest absolute Gasteiger partial charge is 0.573 e. The van der Waals surface area contributed by atoms with Crippen molar-refractivity contribution in [1.29, 1.82) is 0 Å². The minimum Gasteiger partial charge on any atom is -0.403 e. The van der Waals surface area contributed by atoms with Gasteiger partial charge in [0.05, 0.1) is 0 Å². The highest BCUT2D eigenvalue weighted by Gasteiger charge is 2.32. The summed E-state index contributed by atoms with van der Waals surface area (Å²) in [4.78, 5) is 0. The van der Waals surface area contributed by atoms with Crippen molar-refractivity contribution in [2.75, 3.05) is 0 Å². The van der Waals surface area contributed by atoms with Gasteiger partial charge in [-0.3, -0.25) is 0 Å². The molecule has 0 spiro atoms. The number of hydrogen-bond acceptors (Lipinski definition) is 2. The Balaban J connectivity index is 0.00000324. The summed E-state index contributed by atoms with van der Waals surface area (Å²) in [5.74, 6) is -1.93. The molecular weight excluding hydrogens is 286 g/mol. The highest BCUT2D eigenvalue weighted by molar-refractivity contribution is 5.85. The van der Waals surface area contributed by atoms with Gasteiger partial charge in [-0.2, -0.15) is 0 Å². The molecule has 0 aliphatic carbocycles. The second-order valence-corrected chi connectivity index (χ2v) is 5.08. The van der Waals surface area contributed by atoms with Crippen LogP contribution in [-0.2, 0) is 0 Å². The van der Waals surface area contributed by atoms with Crippen LogP contribution in [0.15, 0.2) is 18.2 Å². The van der Waals surface area contributed by atoms with Crippen LogP contribution < -0.4 is 10.5 Å². The smallest absolute Gasteiger partial charge is 0.403 e. The summed E-state index contributed by atoms with van der Waals surface area (Å²) in [7, 11) is 0. The zero-order valence-electron chi connectivity index (χ0n) is 10.7. The summed E-state index contributed by atoms with van der Waals surface area (Å²) in [6, 6.07) is 2.76. The molecule has 0 saturated heterocycles. The number of hydrogen-bond donors (Lipinski definition) is 1. The first-order chi connectivity index (χ1) is 8.00. The summed E-state index contributed by atoms with van der Waals surface area (Å²) in [6.07, 6.45) is -4.91. The van der Waals surface area contributed by atoms with Gasteiger partial charge in [-0.05, 0) is 23.1 Å². The number of ether oxygens (including phenoxy) is 1. The van der Waals surface area contributed by atoms with Gasteiger partial charge in [-0.15, -0.1) is 25.6 Å². The average Bonchev–Trinajstić information content (AvgIpc) is 2.16. The van der Waals surface area contributed by atoms with E-state index in [4.69, 9.17) is 5.73 Å². The Kier molecular flexibility index (Phi) is 5.65. The summed E-state index contributed by atoms with van der Waals surface area (Å²) < 4.78 is 52.9. The van der Waals surface area contributed by atoms with E-state index in [2.05, 4.69) is 4.74 Å². The first-order valence-corrected chi connectivity index (χ1v) is 5.31. The normalized spacial score (nSPS) is 13.7. The first kappa shape index (κ1) is 18.0. The van der Waals surface area contributed by atoms with E-state index in [-0.39, 0.29) is 17.8 Å². The van der Waals surface area contributed by atoms with Crippen LogP contribution >= 0.6 is 12.4 Å². The van der Waals surface area contributed by atoms with E-state index in [1.54, 1.807) is 0 Å². The summed E-state index contributed by atoms with van der Waals surface area (Å²) in [5, 5.41) is 0. The zero-order chi connectivity index (χ0) is 14.1. The topological polar surface area (TPSA) is 35.2 Å². The lowest BCUT2D eigenvalue weighted by molar-refractivity contribution is -0.275. The molecule has 1 rings (SSSR count). The van der Waals surface area contributed by atoms with Crippen LogP contribution in [0.25, 0.3) is 0 Å². The molecule has 0 radical (unpaired) electrons. The molecule has 2 nitrogen and oxygen atoms in total. The van der Waals surface area contributed by atoms with Crippen molar-refractivity contribution >= 4 is 12.4 Å². The third-order valence-corrected chi connectivity index (χ3v) is 2.47. The van der Waals surface area contributed by atoms with Gasteiger partial charge in [-0.1, -0.05) is 26.8 Å². The number of nitrogens with two attached hydrogens (primary N) is 1. The van der Waals surface area contributed by atoms with E-state index in [9.17, 15) is 17.6 Å². The van der Waals surface area contributed by atoms with Gasteiger partial charge in [0.1, 0.15) is 0 Å². The Labute approximate surface area is 115 Å². The maximum atomic E-state index is 13.4. The lowest BCUT2D eigenvalue weighted by Gasteiger charge is -2.27. The van der Waals surface area contributed by atoms with E-state index >= 15 is 0 Å². The number of halogens is 5. The number of alkyl halides is 3. The SMILES string of the molecule is CC(C)(C)[C@@H](N)c1ccc(OC(F)(F)F)c(F)c1.Cl. The van der Waals surface area contributed by atoms with Crippen molar-refractivity contribution in [2.45, 2.75) is 33.2 Å². The quantitative estimate of drug-likeness (QED) is 0.831. The van der Waals surface area contributed by atoms with Crippen LogP contribution in [-0.4, -0.2) is 6.36 Å². The van der Waals surface area contributed by atoms with E-state index in [0.717, 1.165) is 12.1 Å². The van der Waals surface area contributed by atoms with Crippen LogP contribution in [0.5, 0.6) is 5.75 Å². The molecule has 7 heteroatoms. The van der Waals surface area contributed by atoms with Crippen LogP contribution in [0.3, 0.4) is 0 Å². The van der Waals surface area contributed by atoms with E-state index in [1.165, 1.54) is 6.07 Å². The molecule has 0 aliphatic heterocycles. The zero-order valence-corrected chi connectivity index (χ0v) is 11.5. The molecule has 1 aromatic rings. The molecule has 0 amide bonds. The van der Waals surface area contributed by atoms with Crippen molar-refractivity contribution in [2.24, 2.45) is 11.1 Å². The number of benzene rings is 1. The van der Waals surface area contributed by atoms with Crippen LogP contribution in [0.4, 0.5) is 17.6 Å². The summed E-state index contributed by atoms with van der Waals surface area (Å²) in [6.45, 7) is 5.57. The fourth-order valence-corrected chi connectivity index (χ4v) is 1.42. The maximum Gasteiger partial charge on any atom is 0.573 e. The fourth-order valence-electron chi connectivity index (χ4n) is 1.42. The molecule has 0 unspecified atom stereocenters. The number of rotatable bonds is 2. The minimum atomic E-state index is -4.91.